The number of ether oxygens (including phenoxy) is 2. The van der Waals surface area contributed by atoms with Crippen molar-refractivity contribution in [2.45, 2.75) is 19.9 Å². The van der Waals surface area contributed by atoms with Crippen LogP contribution < -0.4 is 10.1 Å². The first-order chi connectivity index (χ1) is 10.0. The molecule has 0 fully saturated rings. The Balaban J connectivity index is 2.31. The number of anilines is 2. The molecule has 0 spiro atoms. The van der Waals surface area contributed by atoms with Crippen LogP contribution in [0.5, 0.6) is 5.75 Å². The van der Waals surface area contributed by atoms with Gasteiger partial charge in [0.05, 0.1) is 36.2 Å². The van der Waals surface area contributed by atoms with Gasteiger partial charge in [0.15, 0.2) is 0 Å². The molecule has 1 N–H and O–H groups in total. The standard InChI is InChI=1S/C15H20ClN3O2/c1-10-8-19(11(2)9-20-3)15(17-10)18-14-7-12(21-4)5-6-13(14)16/h5-8,11H,9H2,1-4H3,(H,17,18). The Morgan fingerprint density at radius 2 is 2.14 bits per heavy atom. The fraction of sp³-hybridized carbons (Fsp3) is 0.400. The SMILES string of the molecule is COCC(C)n1cc(C)nc1Nc1cc(OC)ccc1Cl. The van der Waals surface area contributed by atoms with Crippen LogP contribution in [0.4, 0.5) is 11.6 Å². The highest BCUT2D eigenvalue weighted by Crippen LogP contribution is 2.30. The maximum absolute atomic E-state index is 6.22. The van der Waals surface area contributed by atoms with Crippen molar-refractivity contribution in [3.8, 4) is 5.75 Å². The first-order valence-corrected chi connectivity index (χ1v) is 7.08. The van der Waals surface area contributed by atoms with Gasteiger partial charge in [0.1, 0.15) is 5.75 Å². The summed E-state index contributed by atoms with van der Waals surface area (Å²) in [5.41, 5.74) is 1.69. The fourth-order valence-corrected chi connectivity index (χ4v) is 2.28. The monoisotopic (exact) mass is 309 g/mol. The quantitative estimate of drug-likeness (QED) is 0.881. The van der Waals surface area contributed by atoms with Gasteiger partial charge in [0.25, 0.3) is 0 Å². The molecule has 1 unspecified atom stereocenters. The molecule has 0 aliphatic heterocycles. The minimum Gasteiger partial charge on any atom is -0.497 e. The van der Waals surface area contributed by atoms with Crippen molar-refractivity contribution >= 4 is 23.2 Å². The minimum absolute atomic E-state index is 0.170. The average Bonchev–Trinajstić information content (AvgIpc) is 2.82. The number of methoxy groups -OCH3 is 2. The average molecular weight is 310 g/mol. The summed E-state index contributed by atoms with van der Waals surface area (Å²) in [5.74, 6) is 1.47. The smallest absolute Gasteiger partial charge is 0.207 e. The van der Waals surface area contributed by atoms with Crippen molar-refractivity contribution in [1.82, 2.24) is 9.55 Å². The van der Waals surface area contributed by atoms with Crippen molar-refractivity contribution in [2.75, 3.05) is 26.1 Å². The summed E-state index contributed by atoms with van der Waals surface area (Å²) in [6.45, 7) is 4.63. The van der Waals surface area contributed by atoms with Crippen LogP contribution in [0.15, 0.2) is 24.4 Å². The van der Waals surface area contributed by atoms with Crippen molar-refractivity contribution in [2.24, 2.45) is 0 Å². The number of hydrogen-bond acceptors (Lipinski definition) is 4. The molecule has 5 nitrogen and oxygen atoms in total. The van der Waals surface area contributed by atoms with Gasteiger partial charge in [-0.2, -0.15) is 0 Å². The third kappa shape index (κ3) is 3.68. The van der Waals surface area contributed by atoms with Gasteiger partial charge in [0, 0.05) is 19.4 Å². The van der Waals surface area contributed by atoms with Crippen LogP contribution in [-0.2, 0) is 4.74 Å². The van der Waals surface area contributed by atoms with E-state index < -0.39 is 0 Å². The Morgan fingerprint density at radius 3 is 2.81 bits per heavy atom. The molecule has 6 heteroatoms. The lowest BCUT2D eigenvalue weighted by Gasteiger charge is -2.17. The maximum atomic E-state index is 6.22. The minimum atomic E-state index is 0.170. The van der Waals surface area contributed by atoms with E-state index in [0.29, 0.717) is 11.6 Å². The highest BCUT2D eigenvalue weighted by Gasteiger charge is 2.13. The molecular weight excluding hydrogens is 290 g/mol. The number of nitrogens with one attached hydrogen (secondary N) is 1. The van der Waals surface area contributed by atoms with Gasteiger partial charge in [0.2, 0.25) is 5.95 Å². The molecule has 0 aliphatic rings. The van der Waals surface area contributed by atoms with E-state index in [4.69, 9.17) is 21.1 Å². The number of aromatic nitrogens is 2. The highest BCUT2D eigenvalue weighted by atomic mass is 35.5. The molecule has 114 valence electrons. The van der Waals surface area contributed by atoms with Gasteiger partial charge in [-0.3, -0.25) is 0 Å². The Labute approximate surface area is 129 Å². The lowest BCUT2D eigenvalue weighted by Crippen LogP contribution is -2.12. The van der Waals surface area contributed by atoms with E-state index in [1.807, 2.05) is 29.8 Å². The normalized spacial score (nSPS) is 12.2. The fourth-order valence-electron chi connectivity index (χ4n) is 2.11. The predicted octanol–water partition coefficient (Wildman–Crippen LogP) is 3.80. The molecule has 1 atom stereocenters. The number of imidazole rings is 1. The third-order valence-corrected chi connectivity index (χ3v) is 3.49. The lowest BCUT2D eigenvalue weighted by atomic mass is 10.3. The van der Waals surface area contributed by atoms with Crippen LogP contribution in [0.1, 0.15) is 18.7 Å². The van der Waals surface area contributed by atoms with Crippen molar-refractivity contribution in [1.29, 1.82) is 0 Å². The number of rotatable bonds is 6. The van der Waals surface area contributed by atoms with Crippen molar-refractivity contribution in [3.63, 3.8) is 0 Å². The van der Waals surface area contributed by atoms with Crippen LogP contribution in [0, 0.1) is 6.92 Å². The van der Waals surface area contributed by atoms with E-state index in [9.17, 15) is 0 Å². The third-order valence-electron chi connectivity index (χ3n) is 3.16. The zero-order chi connectivity index (χ0) is 15.4. The molecular formula is C15H20ClN3O2. The summed E-state index contributed by atoms with van der Waals surface area (Å²) >= 11 is 6.22. The lowest BCUT2D eigenvalue weighted by molar-refractivity contribution is 0.163. The molecule has 0 radical (unpaired) electrons. The van der Waals surface area contributed by atoms with Crippen LogP contribution in [0.25, 0.3) is 0 Å². The second-order valence-corrected chi connectivity index (χ2v) is 5.30. The summed E-state index contributed by atoms with van der Waals surface area (Å²) in [4.78, 5) is 4.50. The van der Waals surface area contributed by atoms with Gasteiger partial charge in [-0.25, -0.2) is 4.98 Å². The zero-order valence-electron chi connectivity index (χ0n) is 12.7. The van der Waals surface area contributed by atoms with Gasteiger partial charge >= 0.3 is 0 Å². The Morgan fingerprint density at radius 1 is 1.38 bits per heavy atom. The summed E-state index contributed by atoms with van der Waals surface area (Å²) in [5, 5.41) is 3.87. The zero-order valence-corrected chi connectivity index (χ0v) is 13.4. The van der Waals surface area contributed by atoms with Gasteiger partial charge in [-0.05, 0) is 26.0 Å². The molecule has 1 heterocycles. The largest absolute Gasteiger partial charge is 0.497 e. The molecule has 0 bridgehead atoms. The second-order valence-electron chi connectivity index (χ2n) is 4.89. The van der Waals surface area contributed by atoms with E-state index >= 15 is 0 Å². The van der Waals surface area contributed by atoms with E-state index in [-0.39, 0.29) is 6.04 Å². The van der Waals surface area contributed by atoms with Gasteiger partial charge in [-0.1, -0.05) is 11.6 Å². The summed E-state index contributed by atoms with van der Waals surface area (Å²) in [6.07, 6.45) is 1.99. The predicted molar refractivity (Wildman–Crippen MR) is 84.8 cm³/mol. The van der Waals surface area contributed by atoms with Crippen molar-refractivity contribution < 1.29 is 9.47 Å². The molecule has 2 rings (SSSR count). The van der Waals surface area contributed by atoms with E-state index in [2.05, 4.69) is 17.2 Å². The number of halogens is 1. The number of hydrogen-bond donors (Lipinski definition) is 1. The molecule has 0 amide bonds. The van der Waals surface area contributed by atoms with E-state index in [0.717, 1.165) is 23.1 Å². The summed E-state index contributed by atoms with van der Waals surface area (Å²) in [6, 6.07) is 5.63. The second kappa shape index (κ2) is 6.83. The molecule has 21 heavy (non-hydrogen) atoms. The number of aryl methyl sites for hydroxylation is 1. The van der Waals surface area contributed by atoms with Crippen molar-refractivity contribution in [3.05, 3.63) is 35.1 Å². The molecule has 0 saturated heterocycles. The van der Waals surface area contributed by atoms with Gasteiger partial charge in [-0.15, -0.1) is 0 Å². The summed E-state index contributed by atoms with van der Waals surface area (Å²) in [7, 11) is 3.31. The van der Waals surface area contributed by atoms with E-state index in [1.165, 1.54) is 0 Å². The van der Waals surface area contributed by atoms with Crippen LogP contribution in [0.2, 0.25) is 5.02 Å². The Kier molecular flexibility index (Phi) is 5.09. The summed E-state index contributed by atoms with van der Waals surface area (Å²) < 4.78 is 12.5. The molecule has 0 aliphatic carbocycles. The van der Waals surface area contributed by atoms with Crippen LogP contribution >= 0.6 is 11.6 Å². The maximum Gasteiger partial charge on any atom is 0.207 e. The molecule has 0 saturated carbocycles. The van der Waals surface area contributed by atoms with Gasteiger partial charge < -0.3 is 19.4 Å². The number of benzene rings is 1. The Bertz CT molecular complexity index is 613. The van der Waals surface area contributed by atoms with Crippen LogP contribution in [-0.4, -0.2) is 30.4 Å². The topological polar surface area (TPSA) is 48.3 Å². The molecule has 1 aromatic heterocycles. The number of nitrogens with zero attached hydrogens (tertiary/aromatic N) is 2. The van der Waals surface area contributed by atoms with E-state index in [1.54, 1.807) is 20.3 Å². The first kappa shape index (κ1) is 15.7. The first-order valence-electron chi connectivity index (χ1n) is 6.70. The van der Waals surface area contributed by atoms with Crippen LogP contribution in [0.3, 0.4) is 0 Å². The Hall–Kier alpha value is -1.72. The molecule has 1 aromatic carbocycles. The molecule has 2 aromatic rings. The highest BCUT2D eigenvalue weighted by molar-refractivity contribution is 6.33.